The highest BCUT2D eigenvalue weighted by molar-refractivity contribution is 9.10. The number of nitrogens with two attached hydrogens (primary N) is 1. The van der Waals surface area contributed by atoms with Gasteiger partial charge >= 0.3 is 0 Å². The molecule has 6 nitrogen and oxygen atoms in total. The van der Waals surface area contributed by atoms with Crippen molar-refractivity contribution < 1.29 is 13.3 Å². The Balaban J connectivity index is 3.09. The molecule has 94 valence electrons. The van der Waals surface area contributed by atoms with Crippen molar-refractivity contribution >= 4 is 31.5 Å². The van der Waals surface area contributed by atoms with Crippen LogP contribution >= 0.6 is 15.9 Å². The molecule has 8 heteroatoms. The van der Waals surface area contributed by atoms with Crippen molar-refractivity contribution in [2.75, 3.05) is 12.3 Å². The molecule has 0 saturated heterocycles. The van der Waals surface area contributed by atoms with Gasteiger partial charge in [0.25, 0.3) is 5.69 Å². The highest BCUT2D eigenvalue weighted by Gasteiger charge is 2.19. The minimum atomic E-state index is -3.33. The fourth-order valence-corrected chi connectivity index (χ4v) is 3.26. The Morgan fingerprint density at radius 1 is 1.41 bits per heavy atom. The van der Waals surface area contributed by atoms with E-state index in [-0.39, 0.29) is 28.2 Å². The monoisotopic (exact) mass is 322 g/mol. The summed E-state index contributed by atoms with van der Waals surface area (Å²) < 4.78 is 23.3. The van der Waals surface area contributed by atoms with Crippen molar-refractivity contribution in [3.05, 3.63) is 38.3 Å². The number of nitro benzene ring substituents is 1. The van der Waals surface area contributed by atoms with Crippen LogP contribution in [0.25, 0.3) is 0 Å². The van der Waals surface area contributed by atoms with Crippen LogP contribution in [0, 0.1) is 10.1 Å². The molecule has 1 aromatic carbocycles. The smallest absolute Gasteiger partial charge is 0.283 e. The lowest BCUT2D eigenvalue weighted by Gasteiger charge is -2.05. The summed E-state index contributed by atoms with van der Waals surface area (Å²) in [7, 11) is -3.33. The maximum absolute atomic E-state index is 11.6. The van der Waals surface area contributed by atoms with Gasteiger partial charge in [0.15, 0.2) is 9.84 Å². The fourth-order valence-electron chi connectivity index (χ4n) is 1.31. The fraction of sp³-hybridized carbons (Fsp3) is 0.333. The van der Waals surface area contributed by atoms with Crippen molar-refractivity contribution in [3.63, 3.8) is 0 Å². The van der Waals surface area contributed by atoms with Crippen LogP contribution in [0.3, 0.4) is 0 Å². The molecular formula is C9H11BrN2O4S. The van der Waals surface area contributed by atoms with Crippen molar-refractivity contribution in [1.82, 2.24) is 0 Å². The first kappa shape index (κ1) is 14.1. The number of hydrogen-bond donors (Lipinski definition) is 1. The molecule has 0 aromatic heterocycles. The summed E-state index contributed by atoms with van der Waals surface area (Å²) in [6.45, 7) is 0.0366. The Labute approximate surface area is 107 Å². The third-order valence-corrected chi connectivity index (χ3v) is 4.58. The van der Waals surface area contributed by atoms with E-state index in [2.05, 4.69) is 15.9 Å². The Bertz CT molecular complexity index is 530. The summed E-state index contributed by atoms with van der Waals surface area (Å²) in [4.78, 5) is 10.1. The second kappa shape index (κ2) is 5.56. The molecule has 0 aliphatic carbocycles. The number of benzene rings is 1. The number of halogens is 1. The molecule has 0 unspecified atom stereocenters. The summed E-state index contributed by atoms with van der Waals surface area (Å²) in [5.74, 6) is -0.394. The summed E-state index contributed by atoms with van der Waals surface area (Å²) >= 11 is 3.05. The molecule has 0 aliphatic heterocycles. The molecular weight excluding hydrogens is 312 g/mol. The molecule has 17 heavy (non-hydrogen) atoms. The van der Waals surface area contributed by atoms with Gasteiger partial charge in [-0.2, -0.15) is 0 Å². The Morgan fingerprint density at radius 3 is 2.59 bits per heavy atom. The van der Waals surface area contributed by atoms with Crippen LogP contribution in [-0.2, 0) is 15.6 Å². The quantitative estimate of drug-likeness (QED) is 0.648. The zero-order chi connectivity index (χ0) is 13.1. The van der Waals surface area contributed by atoms with E-state index in [1.54, 1.807) is 0 Å². The van der Waals surface area contributed by atoms with E-state index < -0.39 is 14.8 Å². The van der Waals surface area contributed by atoms with Gasteiger partial charge in [-0.3, -0.25) is 10.1 Å². The summed E-state index contributed by atoms with van der Waals surface area (Å²) in [6, 6.07) is 4.30. The van der Waals surface area contributed by atoms with E-state index in [9.17, 15) is 18.5 Å². The Hall–Kier alpha value is -0.990. The van der Waals surface area contributed by atoms with Gasteiger partial charge in [-0.15, -0.1) is 0 Å². The average Bonchev–Trinajstić information content (AvgIpc) is 2.20. The number of sulfone groups is 1. The van der Waals surface area contributed by atoms with Gasteiger partial charge in [0, 0.05) is 12.6 Å². The number of nitro groups is 1. The van der Waals surface area contributed by atoms with Crippen LogP contribution in [0.2, 0.25) is 0 Å². The summed E-state index contributed by atoms with van der Waals surface area (Å²) in [5, 5.41) is 10.7. The van der Waals surface area contributed by atoms with Crippen LogP contribution < -0.4 is 5.73 Å². The second-order valence-electron chi connectivity index (χ2n) is 3.39. The standard InChI is InChI=1S/C9H11BrN2O4S/c10-9-7(6-17(15,16)5-4-11)2-1-3-8(9)12(13)14/h1-3H,4-6,11H2. The second-order valence-corrected chi connectivity index (χ2v) is 6.37. The highest BCUT2D eigenvalue weighted by atomic mass is 79.9. The Morgan fingerprint density at radius 2 is 2.06 bits per heavy atom. The van der Waals surface area contributed by atoms with Crippen molar-refractivity contribution in [2.45, 2.75) is 5.75 Å². The minimum Gasteiger partial charge on any atom is -0.329 e. The molecule has 0 saturated carbocycles. The maximum Gasteiger partial charge on any atom is 0.283 e. The highest BCUT2D eigenvalue weighted by Crippen LogP contribution is 2.29. The van der Waals surface area contributed by atoms with Gasteiger partial charge in [0.1, 0.15) is 0 Å². The predicted octanol–water partition coefficient (Wildman–Crippen LogP) is 1.23. The maximum atomic E-state index is 11.6. The van der Waals surface area contributed by atoms with Crippen molar-refractivity contribution in [1.29, 1.82) is 0 Å². The van der Waals surface area contributed by atoms with E-state index in [1.807, 2.05) is 0 Å². The third-order valence-electron chi connectivity index (χ3n) is 2.06. The molecule has 1 rings (SSSR count). The normalized spacial score (nSPS) is 11.4. The molecule has 0 spiro atoms. The first-order valence-corrected chi connectivity index (χ1v) is 7.31. The molecule has 1 aromatic rings. The molecule has 0 atom stereocenters. The molecule has 0 fully saturated rings. The van der Waals surface area contributed by atoms with Crippen LogP contribution in [0.5, 0.6) is 0 Å². The Kier molecular flexibility index (Phi) is 4.61. The average molecular weight is 323 g/mol. The molecule has 0 bridgehead atoms. The first-order chi connectivity index (χ1) is 7.87. The van der Waals surface area contributed by atoms with E-state index >= 15 is 0 Å². The van der Waals surface area contributed by atoms with Crippen LogP contribution in [0.4, 0.5) is 5.69 Å². The van der Waals surface area contributed by atoms with Gasteiger partial charge in [-0.05, 0) is 21.5 Å². The molecule has 0 heterocycles. The number of nitrogens with zero attached hydrogens (tertiary/aromatic N) is 1. The molecule has 0 radical (unpaired) electrons. The predicted molar refractivity (Wildman–Crippen MR) is 67.3 cm³/mol. The van der Waals surface area contributed by atoms with Crippen molar-refractivity contribution in [3.8, 4) is 0 Å². The zero-order valence-electron chi connectivity index (χ0n) is 8.80. The van der Waals surface area contributed by atoms with Gasteiger partial charge in [-0.25, -0.2) is 8.42 Å². The van der Waals surface area contributed by atoms with Gasteiger partial charge in [0.2, 0.25) is 0 Å². The minimum absolute atomic E-state index is 0.0366. The topological polar surface area (TPSA) is 103 Å². The lowest BCUT2D eigenvalue weighted by Crippen LogP contribution is -2.17. The van der Waals surface area contributed by atoms with Crippen molar-refractivity contribution in [2.24, 2.45) is 5.73 Å². The number of hydrogen-bond acceptors (Lipinski definition) is 5. The van der Waals surface area contributed by atoms with Gasteiger partial charge in [0.05, 0.1) is 20.9 Å². The van der Waals surface area contributed by atoms with E-state index in [1.165, 1.54) is 18.2 Å². The van der Waals surface area contributed by atoms with E-state index in [4.69, 9.17) is 5.73 Å². The van der Waals surface area contributed by atoms with E-state index in [0.29, 0.717) is 5.56 Å². The van der Waals surface area contributed by atoms with E-state index in [0.717, 1.165) is 0 Å². The zero-order valence-corrected chi connectivity index (χ0v) is 11.2. The molecule has 2 N–H and O–H groups in total. The SMILES string of the molecule is NCCS(=O)(=O)Cc1cccc([N+](=O)[O-])c1Br. The summed E-state index contributed by atoms with van der Waals surface area (Å²) in [5.41, 5.74) is 5.41. The van der Waals surface area contributed by atoms with Crippen LogP contribution in [0.15, 0.2) is 22.7 Å². The first-order valence-electron chi connectivity index (χ1n) is 4.69. The molecule has 0 aliphatic rings. The third kappa shape index (κ3) is 3.76. The largest absolute Gasteiger partial charge is 0.329 e. The molecule has 0 amide bonds. The lowest BCUT2D eigenvalue weighted by atomic mass is 10.2. The number of rotatable bonds is 5. The van der Waals surface area contributed by atoms with Crippen LogP contribution in [-0.4, -0.2) is 25.6 Å². The lowest BCUT2D eigenvalue weighted by molar-refractivity contribution is -0.385. The van der Waals surface area contributed by atoms with Crippen LogP contribution in [0.1, 0.15) is 5.56 Å². The van der Waals surface area contributed by atoms with Gasteiger partial charge < -0.3 is 5.73 Å². The summed E-state index contributed by atoms with van der Waals surface area (Å²) in [6.07, 6.45) is 0. The van der Waals surface area contributed by atoms with Gasteiger partial charge in [-0.1, -0.05) is 12.1 Å².